The molecule has 1 saturated carbocycles. The summed E-state index contributed by atoms with van der Waals surface area (Å²) in [7, 11) is 1.88. The number of ether oxygens (including phenoxy) is 1. The first kappa shape index (κ1) is 14.3. The van der Waals surface area contributed by atoms with E-state index in [9.17, 15) is 4.39 Å². The third-order valence-corrected chi connectivity index (χ3v) is 3.97. The van der Waals surface area contributed by atoms with Gasteiger partial charge in [-0.15, -0.1) is 0 Å². The third-order valence-electron chi connectivity index (χ3n) is 3.97. The maximum atomic E-state index is 13.4. The standard InChI is InChI=1S/C16H24FNO/c1-12(18-2)15-11-13(17)9-10-16(15)19-14-7-5-3-4-6-8-14/h9-12,14,18H,3-8H2,1-2H3. The summed E-state index contributed by atoms with van der Waals surface area (Å²) in [5, 5.41) is 3.15. The van der Waals surface area contributed by atoms with E-state index in [1.807, 2.05) is 14.0 Å². The molecule has 1 unspecified atom stereocenters. The van der Waals surface area contributed by atoms with Gasteiger partial charge in [-0.05, 0) is 57.9 Å². The van der Waals surface area contributed by atoms with Crippen molar-refractivity contribution in [3.8, 4) is 5.75 Å². The Morgan fingerprint density at radius 1 is 1.21 bits per heavy atom. The Labute approximate surface area is 115 Å². The molecule has 1 fully saturated rings. The minimum Gasteiger partial charge on any atom is -0.490 e. The van der Waals surface area contributed by atoms with Gasteiger partial charge in [0.15, 0.2) is 0 Å². The molecule has 106 valence electrons. The molecule has 1 atom stereocenters. The van der Waals surface area contributed by atoms with Gasteiger partial charge in [-0.1, -0.05) is 12.8 Å². The first-order valence-corrected chi connectivity index (χ1v) is 7.34. The molecule has 3 heteroatoms. The van der Waals surface area contributed by atoms with Crippen LogP contribution in [0, 0.1) is 5.82 Å². The van der Waals surface area contributed by atoms with E-state index in [4.69, 9.17) is 4.74 Å². The highest BCUT2D eigenvalue weighted by Crippen LogP contribution is 2.29. The van der Waals surface area contributed by atoms with Crippen LogP contribution in [-0.4, -0.2) is 13.2 Å². The van der Waals surface area contributed by atoms with Crippen molar-refractivity contribution in [3.05, 3.63) is 29.6 Å². The summed E-state index contributed by atoms with van der Waals surface area (Å²) in [6.07, 6.45) is 7.61. The summed E-state index contributed by atoms with van der Waals surface area (Å²) in [6.45, 7) is 2.02. The zero-order chi connectivity index (χ0) is 13.7. The lowest BCUT2D eigenvalue weighted by molar-refractivity contribution is 0.180. The number of hydrogen-bond acceptors (Lipinski definition) is 2. The van der Waals surface area contributed by atoms with Crippen LogP contribution in [0.1, 0.15) is 57.1 Å². The van der Waals surface area contributed by atoms with E-state index in [1.54, 1.807) is 12.1 Å². The van der Waals surface area contributed by atoms with Gasteiger partial charge in [0, 0.05) is 11.6 Å². The van der Waals surface area contributed by atoms with Crippen LogP contribution in [0.25, 0.3) is 0 Å². The van der Waals surface area contributed by atoms with E-state index in [0.29, 0.717) is 0 Å². The van der Waals surface area contributed by atoms with Crippen LogP contribution >= 0.6 is 0 Å². The maximum absolute atomic E-state index is 13.4. The van der Waals surface area contributed by atoms with Gasteiger partial charge in [0.25, 0.3) is 0 Å². The monoisotopic (exact) mass is 265 g/mol. The predicted molar refractivity (Wildman–Crippen MR) is 76.0 cm³/mol. The highest BCUT2D eigenvalue weighted by molar-refractivity contribution is 5.36. The second-order valence-electron chi connectivity index (χ2n) is 5.42. The van der Waals surface area contributed by atoms with Gasteiger partial charge in [-0.2, -0.15) is 0 Å². The quantitative estimate of drug-likeness (QED) is 0.823. The number of hydrogen-bond donors (Lipinski definition) is 1. The lowest BCUT2D eigenvalue weighted by atomic mass is 10.1. The number of rotatable bonds is 4. The van der Waals surface area contributed by atoms with Crippen molar-refractivity contribution in [1.29, 1.82) is 0 Å². The SMILES string of the molecule is CNC(C)c1cc(F)ccc1OC1CCCCCC1. The van der Waals surface area contributed by atoms with Crippen LogP contribution in [-0.2, 0) is 0 Å². The highest BCUT2D eigenvalue weighted by atomic mass is 19.1. The second-order valence-corrected chi connectivity index (χ2v) is 5.42. The molecule has 2 nitrogen and oxygen atoms in total. The maximum Gasteiger partial charge on any atom is 0.124 e. The van der Waals surface area contributed by atoms with Crippen LogP contribution in [0.2, 0.25) is 0 Å². The van der Waals surface area contributed by atoms with Crippen molar-refractivity contribution in [3.63, 3.8) is 0 Å². The molecular weight excluding hydrogens is 241 g/mol. The van der Waals surface area contributed by atoms with Crippen LogP contribution in [0.15, 0.2) is 18.2 Å². The summed E-state index contributed by atoms with van der Waals surface area (Å²) in [5.74, 6) is 0.625. The van der Waals surface area contributed by atoms with E-state index in [2.05, 4.69) is 5.32 Å². The van der Waals surface area contributed by atoms with Gasteiger partial charge in [0.1, 0.15) is 11.6 Å². The molecule has 0 aliphatic heterocycles. The highest BCUT2D eigenvalue weighted by Gasteiger charge is 2.17. The molecule has 0 saturated heterocycles. The molecule has 2 rings (SSSR count). The van der Waals surface area contributed by atoms with Gasteiger partial charge in [0.05, 0.1) is 6.10 Å². The molecule has 0 heterocycles. The van der Waals surface area contributed by atoms with Crippen molar-refractivity contribution in [1.82, 2.24) is 5.32 Å². The Bertz CT molecular complexity index is 400. The second kappa shape index (κ2) is 6.90. The van der Waals surface area contributed by atoms with Crippen LogP contribution in [0.3, 0.4) is 0 Å². The van der Waals surface area contributed by atoms with E-state index in [0.717, 1.165) is 24.2 Å². The molecule has 0 spiro atoms. The molecule has 0 amide bonds. The predicted octanol–water partition coefficient (Wildman–Crippen LogP) is 4.21. The molecule has 1 aromatic rings. The van der Waals surface area contributed by atoms with Crippen molar-refractivity contribution >= 4 is 0 Å². The van der Waals surface area contributed by atoms with Crippen molar-refractivity contribution in [2.45, 2.75) is 57.6 Å². The summed E-state index contributed by atoms with van der Waals surface area (Å²) in [4.78, 5) is 0. The molecule has 0 radical (unpaired) electrons. The van der Waals surface area contributed by atoms with Crippen molar-refractivity contribution in [2.24, 2.45) is 0 Å². The number of benzene rings is 1. The van der Waals surface area contributed by atoms with E-state index >= 15 is 0 Å². The van der Waals surface area contributed by atoms with Crippen molar-refractivity contribution < 1.29 is 9.13 Å². The molecule has 1 N–H and O–H groups in total. The Kier molecular flexibility index (Phi) is 5.20. The first-order valence-electron chi connectivity index (χ1n) is 7.34. The van der Waals surface area contributed by atoms with Crippen LogP contribution < -0.4 is 10.1 Å². The fourth-order valence-corrected chi connectivity index (χ4v) is 2.66. The lowest BCUT2D eigenvalue weighted by Gasteiger charge is -2.22. The van der Waals surface area contributed by atoms with E-state index in [1.165, 1.54) is 31.7 Å². The number of nitrogens with one attached hydrogen (secondary N) is 1. The van der Waals surface area contributed by atoms with E-state index in [-0.39, 0.29) is 18.0 Å². The average molecular weight is 265 g/mol. The number of halogens is 1. The minimum absolute atomic E-state index is 0.0940. The average Bonchev–Trinajstić information content (AvgIpc) is 2.68. The van der Waals surface area contributed by atoms with E-state index < -0.39 is 0 Å². The minimum atomic E-state index is -0.203. The van der Waals surface area contributed by atoms with Gasteiger partial charge in [-0.25, -0.2) is 4.39 Å². The molecule has 0 bridgehead atoms. The molecule has 1 aliphatic carbocycles. The zero-order valence-corrected chi connectivity index (χ0v) is 11.9. The third kappa shape index (κ3) is 3.93. The van der Waals surface area contributed by atoms with Gasteiger partial charge >= 0.3 is 0 Å². The first-order chi connectivity index (χ1) is 9.20. The largest absolute Gasteiger partial charge is 0.490 e. The van der Waals surface area contributed by atoms with Gasteiger partial charge < -0.3 is 10.1 Å². The van der Waals surface area contributed by atoms with Crippen molar-refractivity contribution in [2.75, 3.05) is 7.05 Å². The van der Waals surface area contributed by atoms with Crippen LogP contribution in [0.4, 0.5) is 4.39 Å². The summed E-state index contributed by atoms with van der Waals surface area (Å²) >= 11 is 0. The fourth-order valence-electron chi connectivity index (χ4n) is 2.66. The molecule has 1 aliphatic rings. The topological polar surface area (TPSA) is 21.3 Å². The van der Waals surface area contributed by atoms with Gasteiger partial charge in [-0.3, -0.25) is 0 Å². The summed E-state index contributed by atoms with van der Waals surface area (Å²) < 4.78 is 19.5. The molecule has 1 aromatic carbocycles. The Hall–Kier alpha value is -1.09. The zero-order valence-electron chi connectivity index (χ0n) is 11.9. The molecule has 0 aromatic heterocycles. The summed E-state index contributed by atoms with van der Waals surface area (Å²) in [6, 6.07) is 4.92. The Morgan fingerprint density at radius 3 is 2.53 bits per heavy atom. The smallest absolute Gasteiger partial charge is 0.124 e. The Morgan fingerprint density at radius 2 is 1.89 bits per heavy atom. The lowest BCUT2D eigenvalue weighted by Crippen LogP contribution is -2.19. The Balaban J connectivity index is 2.13. The molecule has 19 heavy (non-hydrogen) atoms. The van der Waals surface area contributed by atoms with Crippen LogP contribution in [0.5, 0.6) is 5.75 Å². The summed E-state index contributed by atoms with van der Waals surface area (Å²) in [5.41, 5.74) is 0.909. The molecular formula is C16H24FNO. The van der Waals surface area contributed by atoms with Gasteiger partial charge in [0.2, 0.25) is 0 Å². The fraction of sp³-hybridized carbons (Fsp3) is 0.625. The normalized spacial score (nSPS) is 18.9.